The largest absolute Gasteiger partial charge is 0.497 e. The van der Waals surface area contributed by atoms with Crippen LogP contribution >= 0.6 is 0 Å². The lowest BCUT2D eigenvalue weighted by atomic mass is 10.1. The van der Waals surface area contributed by atoms with Gasteiger partial charge in [0.05, 0.1) is 19.8 Å². The maximum absolute atomic E-state index is 11.5. The van der Waals surface area contributed by atoms with Crippen LogP contribution < -0.4 is 15.8 Å². The van der Waals surface area contributed by atoms with Crippen LogP contribution in [0.3, 0.4) is 0 Å². The summed E-state index contributed by atoms with van der Waals surface area (Å²) in [6, 6.07) is 6.34. The second-order valence-corrected chi connectivity index (χ2v) is 3.80. The lowest BCUT2D eigenvalue weighted by molar-refractivity contribution is -0.123. The average Bonchev–Trinajstić information content (AvgIpc) is 2.37. The molecule has 1 aromatic rings. The van der Waals surface area contributed by atoms with Gasteiger partial charge in [-0.2, -0.15) is 0 Å². The van der Waals surface area contributed by atoms with Crippen LogP contribution in [0, 0.1) is 0 Å². The number of aliphatic hydroxyl groups excluding tert-OH is 1. The van der Waals surface area contributed by atoms with E-state index in [0.717, 1.165) is 11.3 Å². The van der Waals surface area contributed by atoms with Crippen molar-refractivity contribution < 1.29 is 14.6 Å². The van der Waals surface area contributed by atoms with Crippen molar-refractivity contribution in [3.05, 3.63) is 29.8 Å². The normalized spacial score (nSPS) is 13.9. The minimum absolute atomic E-state index is 0.185. The van der Waals surface area contributed by atoms with E-state index in [9.17, 15) is 4.79 Å². The van der Waals surface area contributed by atoms with Crippen molar-refractivity contribution >= 4 is 5.91 Å². The third-order valence-corrected chi connectivity index (χ3v) is 2.49. The fraction of sp³-hybridized carbons (Fsp3) is 0.417. The van der Waals surface area contributed by atoms with Crippen LogP contribution in [-0.4, -0.2) is 30.8 Å². The fourth-order valence-electron chi connectivity index (χ4n) is 1.40. The maximum atomic E-state index is 11.5. The van der Waals surface area contributed by atoms with Crippen LogP contribution in [0.2, 0.25) is 0 Å². The lowest BCUT2D eigenvalue weighted by Crippen LogP contribution is -2.43. The first-order valence-corrected chi connectivity index (χ1v) is 5.39. The number of carbonyl (C=O) groups excluding carboxylic acids is 1. The smallest absolute Gasteiger partial charge is 0.239 e. The van der Waals surface area contributed by atoms with Crippen molar-refractivity contribution in [2.24, 2.45) is 5.73 Å². The summed E-state index contributed by atoms with van der Waals surface area (Å²) < 4.78 is 5.10. The molecule has 5 nitrogen and oxygen atoms in total. The van der Waals surface area contributed by atoms with Gasteiger partial charge in [0.25, 0.3) is 0 Å². The van der Waals surface area contributed by atoms with Crippen molar-refractivity contribution in [1.82, 2.24) is 5.32 Å². The molecule has 0 spiro atoms. The molecule has 0 saturated carbocycles. The molecule has 4 N–H and O–H groups in total. The predicted molar refractivity (Wildman–Crippen MR) is 64.6 cm³/mol. The Kier molecular flexibility index (Phi) is 4.93. The summed E-state index contributed by atoms with van der Waals surface area (Å²) in [6.07, 6.45) is 0. The molecule has 0 aliphatic carbocycles. The van der Waals surface area contributed by atoms with Gasteiger partial charge in [-0.15, -0.1) is 0 Å². The molecule has 0 radical (unpaired) electrons. The number of carbonyl (C=O) groups is 1. The van der Waals surface area contributed by atoms with Crippen LogP contribution in [-0.2, 0) is 4.79 Å². The molecule has 94 valence electrons. The summed E-state index contributed by atoms with van der Waals surface area (Å²) in [5.41, 5.74) is 6.33. The molecule has 0 fully saturated rings. The van der Waals surface area contributed by atoms with Crippen LogP contribution in [0.1, 0.15) is 18.5 Å². The molecule has 17 heavy (non-hydrogen) atoms. The second kappa shape index (κ2) is 6.22. The molecule has 0 bridgehead atoms. The molecular weight excluding hydrogens is 220 g/mol. The molecule has 0 saturated heterocycles. The Hall–Kier alpha value is -1.59. The molecule has 2 unspecified atom stereocenters. The predicted octanol–water partition coefficient (Wildman–Crippen LogP) is 0.192. The van der Waals surface area contributed by atoms with Gasteiger partial charge in [-0.25, -0.2) is 0 Å². The van der Waals surface area contributed by atoms with Crippen LogP contribution in [0.25, 0.3) is 0 Å². The van der Waals surface area contributed by atoms with E-state index in [2.05, 4.69) is 5.32 Å². The summed E-state index contributed by atoms with van der Waals surface area (Å²) in [7, 11) is 1.59. The number of nitrogens with one attached hydrogen (secondary N) is 1. The number of nitrogens with two attached hydrogens (primary N) is 1. The average molecular weight is 238 g/mol. The Balaban J connectivity index is 2.69. The van der Waals surface area contributed by atoms with E-state index in [-0.39, 0.29) is 18.6 Å². The van der Waals surface area contributed by atoms with E-state index in [1.54, 1.807) is 7.11 Å². The van der Waals surface area contributed by atoms with Gasteiger partial charge in [-0.05, 0) is 24.6 Å². The summed E-state index contributed by atoms with van der Waals surface area (Å²) in [4.78, 5) is 11.5. The van der Waals surface area contributed by atoms with E-state index in [4.69, 9.17) is 15.6 Å². The zero-order valence-corrected chi connectivity index (χ0v) is 10.0. The van der Waals surface area contributed by atoms with Gasteiger partial charge in [-0.3, -0.25) is 4.79 Å². The van der Waals surface area contributed by atoms with E-state index >= 15 is 0 Å². The number of hydrogen-bond donors (Lipinski definition) is 3. The molecule has 1 aromatic carbocycles. The number of hydrogen-bond acceptors (Lipinski definition) is 4. The minimum atomic E-state index is -0.886. The SMILES string of the molecule is COc1cccc(C(C)NC(=O)C(N)CO)c1. The molecule has 0 aliphatic heterocycles. The van der Waals surface area contributed by atoms with Gasteiger partial charge in [0.15, 0.2) is 0 Å². The van der Waals surface area contributed by atoms with E-state index in [1.165, 1.54) is 0 Å². The van der Waals surface area contributed by atoms with Gasteiger partial charge in [-0.1, -0.05) is 12.1 Å². The highest BCUT2D eigenvalue weighted by molar-refractivity contribution is 5.82. The number of aliphatic hydroxyl groups is 1. The minimum Gasteiger partial charge on any atom is -0.497 e. The molecule has 0 heterocycles. The summed E-state index contributed by atoms with van der Waals surface area (Å²) >= 11 is 0. The van der Waals surface area contributed by atoms with Crippen molar-refractivity contribution in [2.45, 2.75) is 19.0 Å². The number of amides is 1. The van der Waals surface area contributed by atoms with Gasteiger partial charge < -0.3 is 20.9 Å². The summed E-state index contributed by atoms with van der Waals surface area (Å²) in [6.45, 7) is 1.48. The maximum Gasteiger partial charge on any atom is 0.239 e. The molecule has 1 amide bonds. The monoisotopic (exact) mass is 238 g/mol. The molecule has 5 heteroatoms. The van der Waals surface area contributed by atoms with Crippen molar-refractivity contribution in [1.29, 1.82) is 0 Å². The highest BCUT2D eigenvalue weighted by Gasteiger charge is 2.15. The number of methoxy groups -OCH3 is 1. The van der Waals surface area contributed by atoms with E-state index in [1.807, 2.05) is 31.2 Å². The first kappa shape index (κ1) is 13.5. The van der Waals surface area contributed by atoms with Gasteiger partial charge >= 0.3 is 0 Å². The third-order valence-electron chi connectivity index (χ3n) is 2.49. The van der Waals surface area contributed by atoms with Crippen LogP contribution in [0.15, 0.2) is 24.3 Å². The summed E-state index contributed by atoms with van der Waals surface area (Å²) in [5.74, 6) is 0.359. The molecule has 2 atom stereocenters. The quantitative estimate of drug-likeness (QED) is 0.683. The number of ether oxygens (including phenoxy) is 1. The van der Waals surface area contributed by atoms with Crippen molar-refractivity contribution in [2.75, 3.05) is 13.7 Å². The first-order chi connectivity index (χ1) is 8.08. The number of benzene rings is 1. The molecular formula is C12H18N2O3. The standard InChI is InChI=1S/C12H18N2O3/c1-8(14-12(16)11(13)7-15)9-4-3-5-10(6-9)17-2/h3-6,8,11,15H,7,13H2,1-2H3,(H,14,16). The highest BCUT2D eigenvalue weighted by Crippen LogP contribution is 2.18. The topological polar surface area (TPSA) is 84.6 Å². The Morgan fingerprint density at radius 3 is 2.88 bits per heavy atom. The summed E-state index contributed by atoms with van der Waals surface area (Å²) in [5, 5.41) is 11.5. The highest BCUT2D eigenvalue weighted by atomic mass is 16.5. The third kappa shape index (κ3) is 3.72. The van der Waals surface area contributed by atoms with Gasteiger partial charge in [0.2, 0.25) is 5.91 Å². The molecule has 0 aliphatic rings. The zero-order chi connectivity index (χ0) is 12.8. The Morgan fingerprint density at radius 1 is 1.59 bits per heavy atom. The Bertz CT molecular complexity index is 382. The number of rotatable bonds is 5. The Morgan fingerprint density at radius 2 is 2.29 bits per heavy atom. The van der Waals surface area contributed by atoms with E-state index in [0.29, 0.717) is 0 Å². The van der Waals surface area contributed by atoms with E-state index < -0.39 is 6.04 Å². The van der Waals surface area contributed by atoms with Gasteiger partial charge in [0, 0.05) is 0 Å². The fourth-order valence-corrected chi connectivity index (χ4v) is 1.40. The first-order valence-electron chi connectivity index (χ1n) is 5.39. The molecule has 1 rings (SSSR count). The van der Waals surface area contributed by atoms with Crippen LogP contribution in [0.4, 0.5) is 0 Å². The van der Waals surface area contributed by atoms with Crippen molar-refractivity contribution in [3.63, 3.8) is 0 Å². The Labute approximate surface area is 101 Å². The van der Waals surface area contributed by atoms with Gasteiger partial charge in [0.1, 0.15) is 11.8 Å². The molecule has 0 aromatic heterocycles. The van der Waals surface area contributed by atoms with Crippen molar-refractivity contribution in [3.8, 4) is 5.75 Å². The lowest BCUT2D eigenvalue weighted by Gasteiger charge is -2.17. The van der Waals surface area contributed by atoms with Crippen LogP contribution in [0.5, 0.6) is 5.75 Å². The second-order valence-electron chi connectivity index (χ2n) is 3.80. The zero-order valence-electron chi connectivity index (χ0n) is 10.0.